The number of fused-ring (bicyclic) bond motifs is 1. The second-order valence-corrected chi connectivity index (χ2v) is 6.22. The van der Waals surface area contributed by atoms with Gasteiger partial charge in [0.25, 0.3) is 0 Å². The molecule has 0 aromatic carbocycles. The van der Waals surface area contributed by atoms with Gasteiger partial charge in [-0.05, 0) is 13.0 Å². The van der Waals surface area contributed by atoms with E-state index in [1.807, 2.05) is 13.2 Å². The molecule has 1 unspecified atom stereocenters. The minimum atomic E-state index is -0.741. The second-order valence-electron chi connectivity index (χ2n) is 6.22. The molecule has 0 spiro atoms. The van der Waals surface area contributed by atoms with Crippen LogP contribution in [0.2, 0.25) is 0 Å². The predicted molar refractivity (Wildman–Crippen MR) is 100 cm³/mol. The van der Waals surface area contributed by atoms with Crippen LogP contribution in [-0.2, 0) is 7.05 Å². The van der Waals surface area contributed by atoms with Crippen LogP contribution in [-0.4, -0.2) is 29.5 Å². The summed E-state index contributed by atoms with van der Waals surface area (Å²) in [5.41, 5.74) is 0.661. The summed E-state index contributed by atoms with van der Waals surface area (Å²) in [4.78, 5) is 21.0. The van der Waals surface area contributed by atoms with E-state index in [1.165, 1.54) is 0 Å². The van der Waals surface area contributed by atoms with Gasteiger partial charge in [-0.1, -0.05) is 0 Å². The van der Waals surface area contributed by atoms with E-state index in [4.69, 9.17) is 0 Å². The third-order valence-electron chi connectivity index (χ3n) is 4.04. The van der Waals surface area contributed by atoms with Crippen LogP contribution < -0.4 is 10.6 Å². The summed E-state index contributed by atoms with van der Waals surface area (Å²) < 4.78 is 28.9. The highest BCUT2D eigenvalue weighted by Gasteiger charge is 2.16. The van der Waals surface area contributed by atoms with Gasteiger partial charge >= 0.3 is 0 Å². The molecule has 0 radical (unpaired) electrons. The first-order chi connectivity index (χ1) is 13.5. The molecule has 4 rings (SSSR count). The van der Waals surface area contributed by atoms with Crippen molar-refractivity contribution >= 4 is 28.5 Å². The fourth-order valence-electron chi connectivity index (χ4n) is 2.74. The maximum absolute atomic E-state index is 14.0. The fraction of sp³-hybridized carbons (Fsp3) is 0.167. The molecule has 4 aromatic rings. The predicted octanol–water partition coefficient (Wildman–Crippen LogP) is 3.35. The summed E-state index contributed by atoms with van der Waals surface area (Å²) in [5, 5.41) is 6.91. The van der Waals surface area contributed by atoms with Crippen molar-refractivity contribution in [2.75, 3.05) is 10.6 Å². The summed E-state index contributed by atoms with van der Waals surface area (Å²) in [5.74, 6) is -0.0903. The summed E-state index contributed by atoms with van der Waals surface area (Å²) >= 11 is 0. The Labute approximate surface area is 158 Å². The van der Waals surface area contributed by atoms with E-state index in [2.05, 4.69) is 35.6 Å². The fourth-order valence-corrected chi connectivity index (χ4v) is 2.74. The van der Waals surface area contributed by atoms with Crippen LogP contribution in [0.4, 0.5) is 26.4 Å². The van der Waals surface area contributed by atoms with E-state index in [9.17, 15) is 8.78 Å². The lowest BCUT2D eigenvalue weighted by atomic mass is 10.2. The molecule has 28 heavy (non-hydrogen) atoms. The molecule has 8 nitrogen and oxygen atoms in total. The van der Waals surface area contributed by atoms with Gasteiger partial charge in [0.15, 0.2) is 0 Å². The van der Waals surface area contributed by atoms with Crippen molar-refractivity contribution in [2.24, 2.45) is 7.05 Å². The molecule has 0 saturated heterocycles. The van der Waals surface area contributed by atoms with Crippen LogP contribution in [0.5, 0.6) is 0 Å². The molecule has 0 saturated carbocycles. The number of aryl methyl sites for hydroxylation is 1. The third kappa shape index (κ3) is 3.56. The van der Waals surface area contributed by atoms with Gasteiger partial charge in [-0.3, -0.25) is 9.97 Å². The van der Waals surface area contributed by atoms with Crippen LogP contribution in [0.25, 0.3) is 10.9 Å². The number of nitrogens with one attached hydrogen (secondary N) is 2. The van der Waals surface area contributed by atoms with Crippen molar-refractivity contribution in [1.82, 2.24) is 29.5 Å². The molecule has 0 bridgehead atoms. The zero-order valence-corrected chi connectivity index (χ0v) is 15.1. The number of hydrogen-bond acceptors (Lipinski definition) is 7. The van der Waals surface area contributed by atoms with E-state index < -0.39 is 17.7 Å². The minimum Gasteiger partial charge on any atom is -0.346 e. The first kappa shape index (κ1) is 17.7. The lowest BCUT2D eigenvalue weighted by molar-refractivity contribution is 0.550. The number of pyridine rings is 2. The Morgan fingerprint density at radius 3 is 2.75 bits per heavy atom. The summed E-state index contributed by atoms with van der Waals surface area (Å²) in [6.07, 6.45) is 7.69. The van der Waals surface area contributed by atoms with Gasteiger partial charge in [0.1, 0.15) is 23.3 Å². The molecule has 0 aliphatic carbocycles. The van der Waals surface area contributed by atoms with Crippen molar-refractivity contribution in [3.63, 3.8) is 0 Å². The highest BCUT2D eigenvalue weighted by atomic mass is 19.1. The summed E-state index contributed by atoms with van der Waals surface area (Å²) in [6, 6.07) is 1.99. The van der Waals surface area contributed by atoms with Crippen LogP contribution in [0, 0.1) is 11.6 Å². The average molecular weight is 382 g/mol. The smallest absolute Gasteiger partial charge is 0.225 e. The van der Waals surface area contributed by atoms with E-state index in [1.54, 1.807) is 36.3 Å². The van der Waals surface area contributed by atoms with Crippen LogP contribution in [0.3, 0.4) is 0 Å². The van der Waals surface area contributed by atoms with Gasteiger partial charge < -0.3 is 15.2 Å². The zero-order chi connectivity index (χ0) is 19.7. The minimum absolute atomic E-state index is 0.0653. The van der Waals surface area contributed by atoms with E-state index in [0.29, 0.717) is 17.2 Å². The number of rotatable bonds is 5. The molecule has 2 N–H and O–H groups in total. The molecular weight excluding hydrogens is 366 g/mol. The van der Waals surface area contributed by atoms with Crippen molar-refractivity contribution in [3.8, 4) is 0 Å². The maximum Gasteiger partial charge on any atom is 0.225 e. The van der Waals surface area contributed by atoms with E-state index in [-0.39, 0.29) is 11.6 Å². The highest BCUT2D eigenvalue weighted by molar-refractivity contribution is 5.90. The van der Waals surface area contributed by atoms with E-state index >= 15 is 0 Å². The molecule has 10 heteroatoms. The first-order valence-corrected chi connectivity index (χ1v) is 8.44. The molecule has 0 amide bonds. The Balaban J connectivity index is 1.69. The Morgan fingerprint density at radius 2 is 2.00 bits per heavy atom. The Morgan fingerprint density at radius 1 is 1.14 bits per heavy atom. The quantitative estimate of drug-likeness (QED) is 0.547. The van der Waals surface area contributed by atoms with Gasteiger partial charge in [-0.15, -0.1) is 0 Å². The highest BCUT2D eigenvalue weighted by Crippen LogP contribution is 2.26. The summed E-state index contributed by atoms with van der Waals surface area (Å²) in [6.45, 7) is 1.69. The SMILES string of the molecule is CC(Nc1nc(Nc2cn(C)cn2)c2ccncc2n1)c1ncc(F)cc1F. The molecule has 4 aromatic heterocycles. The number of halogens is 2. The van der Waals surface area contributed by atoms with Gasteiger partial charge in [0.05, 0.1) is 36.0 Å². The monoisotopic (exact) mass is 382 g/mol. The first-order valence-electron chi connectivity index (χ1n) is 8.44. The Kier molecular flexibility index (Phi) is 4.52. The van der Waals surface area contributed by atoms with Crippen LogP contribution >= 0.6 is 0 Å². The van der Waals surface area contributed by atoms with Crippen LogP contribution in [0.15, 0.2) is 43.2 Å². The van der Waals surface area contributed by atoms with Crippen molar-refractivity contribution in [2.45, 2.75) is 13.0 Å². The molecule has 0 aliphatic heterocycles. The maximum atomic E-state index is 14.0. The number of anilines is 3. The van der Waals surface area contributed by atoms with Crippen LogP contribution in [0.1, 0.15) is 18.7 Å². The number of nitrogens with zero attached hydrogens (tertiary/aromatic N) is 6. The third-order valence-corrected chi connectivity index (χ3v) is 4.04. The van der Waals surface area contributed by atoms with Gasteiger partial charge in [0.2, 0.25) is 5.95 Å². The van der Waals surface area contributed by atoms with Gasteiger partial charge in [-0.2, -0.15) is 4.98 Å². The van der Waals surface area contributed by atoms with Gasteiger partial charge in [-0.25, -0.2) is 18.7 Å². The van der Waals surface area contributed by atoms with Crippen molar-refractivity contribution in [1.29, 1.82) is 0 Å². The van der Waals surface area contributed by atoms with Crippen molar-refractivity contribution in [3.05, 3.63) is 60.6 Å². The molecule has 4 heterocycles. The van der Waals surface area contributed by atoms with Crippen molar-refractivity contribution < 1.29 is 8.78 Å². The molecule has 0 aliphatic rings. The topological polar surface area (TPSA) is 93.4 Å². The Hall–Kier alpha value is -3.69. The number of imidazole rings is 1. The van der Waals surface area contributed by atoms with Gasteiger partial charge in [0, 0.05) is 30.9 Å². The lowest BCUT2D eigenvalue weighted by Gasteiger charge is -2.15. The number of aromatic nitrogens is 6. The normalized spacial score (nSPS) is 12.1. The molecular formula is C18H16F2N8. The Bertz CT molecular complexity index is 1140. The average Bonchev–Trinajstić information content (AvgIpc) is 3.06. The second kappa shape index (κ2) is 7.14. The summed E-state index contributed by atoms with van der Waals surface area (Å²) in [7, 11) is 1.86. The lowest BCUT2D eigenvalue weighted by Crippen LogP contribution is -2.14. The standard InChI is InChI=1S/C18H16F2N8/c1-10(16-13(20)5-11(19)6-22-16)24-18-25-14-7-21-4-3-12(14)17(27-18)26-15-8-28(2)9-23-15/h3-10H,1-2H3,(H2,24,25,26,27). The molecule has 142 valence electrons. The molecule has 1 atom stereocenters. The van der Waals surface area contributed by atoms with E-state index in [0.717, 1.165) is 17.6 Å². The largest absolute Gasteiger partial charge is 0.346 e. The zero-order valence-electron chi connectivity index (χ0n) is 15.1. The molecule has 0 fully saturated rings. The number of hydrogen-bond donors (Lipinski definition) is 2.